The first-order valence-electron chi connectivity index (χ1n) is 7.70. The highest BCUT2D eigenvalue weighted by Gasteiger charge is 2.12. The quantitative estimate of drug-likeness (QED) is 0.795. The highest BCUT2D eigenvalue weighted by atomic mass is 16.5. The van der Waals surface area contributed by atoms with Crippen LogP contribution in [0.5, 0.6) is 5.75 Å². The van der Waals surface area contributed by atoms with E-state index < -0.39 is 0 Å². The molecule has 2 heterocycles. The van der Waals surface area contributed by atoms with Gasteiger partial charge >= 0.3 is 0 Å². The van der Waals surface area contributed by atoms with Crippen LogP contribution in [0, 0.1) is 0 Å². The Kier molecular flexibility index (Phi) is 5.03. The molecule has 1 aromatic heterocycles. The van der Waals surface area contributed by atoms with Crippen molar-refractivity contribution in [2.75, 3.05) is 26.4 Å². The van der Waals surface area contributed by atoms with E-state index in [1.165, 1.54) is 12.8 Å². The van der Waals surface area contributed by atoms with Crippen molar-refractivity contribution < 1.29 is 9.47 Å². The van der Waals surface area contributed by atoms with Crippen LogP contribution in [0.4, 0.5) is 0 Å². The lowest BCUT2D eigenvalue weighted by Gasteiger charge is -2.11. The van der Waals surface area contributed by atoms with E-state index in [1.807, 2.05) is 30.3 Å². The van der Waals surface area contributed by atoms with Crippen molar-refractivity contribution in [3.63, 3.8) is 0 Å². The highest BCUT2D eigenvalue weighted by molar-refractivity contribution is 5.79. The fraction of sp³-hybridized carbons (Fsp3) is 0.471. The van der Waals surface area contributed by atoms with Crippen molar-refractivity contribution in [2.45, 2.75) is 25.3 Å². The second-order valence-corrected chi connectivity index (χ2v) is 5.40. The summed E-state index contributed by atoms with van der Waals surface area (Å²) in [6, 6.07) is 10.6. The number of benzene rings is 1. The number of nitrogens with zero attached hydrogens (tertiary/aromatic N) is 1. The summed E-state index contributed by atoms with van der Waals surface area (Å²) in [5.74, 6) is 0.849. The SMILES string of the molecule is c1cnc2cc(OCCOCCC3CCCN3)ccc2c1. The molecule has 0 spiro atoms. The van der Waals surface area contributed by atoms with E-state index in [-0.39, 0.29) is 0 Å². The maximum Gasteiger partial charge on any atom is 0.121 e. The Bertz CT molecular complexity index is 567. The molecule has 2 aromatic rings. The van der Waals surface area contributed by atoms with Crippen molar-refractivity contribution in [2.24, 2.45) is 0 Å². The van der Waals surface area contributed by atoms with Crippen molar-refractivity contribution in [1.82, 2.24) is 10.3 Å². The van der Waals surface area contributed by atoms with Gasteiger partial charge in [0.05, 0.1) is 12.1 Å². The highest BCUT2D eigenvalue weighted by Crippen LogP contribution is 2.18. The van der Waals surface area contributed by atoms with Crippen LogP contribution in [0.1, 0.15) is 19.3 Å². The lowest BCUT2D eigenvalue weighted by atomic mass is 10.2. The van der Waals surface area contributed by atoms with Crippen LogP contribution in [-0.4, -0.2) is 37.4 Å². The Morgan fingerprint density at radius 2 is 2.19 bits per heavy atom. The third-order valence-corrected chi connectivity index (χ3v) is 3.85. The van der Waals surface area contributed by atoms with Gasteiger partial charge in [-0.1, -0.05) is 6.07 Å². The maximum atomic E-state index is 5.71. The molecule has 0 aliphatic carbocycles. The smallest absolute Gasteiger partial charge is 0.121 e. The van der Waals surface area contributed by atoms with Gasteiger partial charge in [0.1, 0.15) is 12.4 Å². The molecule has 0 saturated carbocycles. The number of rotatable bonds is 7. The molecule has 1 aliphatic rings. The fourth-order valence-electron chi connectivity index (χ4n) is 2.69. The molecule has 4 heteroatoms. The van der Waals surface area contributed by atoms with Crippen molar-refractivity contribution in [3.05, 3.63) is 36.5 Å². The summed E-state index contributed by atoms with van der Waals surface area (Å²) in [6.45, 7) is 3.17. The molecule has 3 rings (SSSR count). The molecule has 1 atom stereocenters. The van der Waals surface area contributed by atoms with E-state index in [0.29, 0.717) is 19.3 Å². The van der Waals surface area contributed by atoms with E-state index in [9.17, 15) is 0 Å². The van der Waals surface area contributed by atoms with Gasteiger partial charge in [-0.05, 0) is 44.0 Å². The molecule has 1 N–H and O–H groups in total. The third kappa shape index (κ3) is 4.16. The lowest BCUT2D eigenvalue weighted by Crippen LogP contribution is -2.23. The number of pyridine rings is 1. The van der Waals surface area contributed by atoms with Crippen LogP contribution < -0.4 is 10.1 Å². The van der Waals surface area contributed by atoms with Gasteiger partial charge in [-0.3, -0.25) is 4.98 Å². The molecule has 1 aliphatic heterocycles. The Morgan fingerprint density at radius 1 is 1.19 bits per heavy atom. The van der Waals surface area contributed by atoms with Gasteiger partial charge in [0.2, 0.25) is 0 Å². The average molecular weight is 286 g/mol. The summed E-state index contributed by atoms with van der Waals surface area (Å²) in [7, 11) is 0. The molecular formula is C17H22N2O2. The molecule has 0 radical (unpaired) electrons. The summed E-state index contributed by atoms with van der Waals surface area (Å²) in [5, 5.41) is 4.60. The minimum Gasteiger partial charge on any atom is -0.491 e. The average Bonchev–Trinajstić information content (AvgIpc) is 3.04. The Hall–Kier alpha value is -1.65. The van der Waals surface area contributed by atoms with Crippen LogP contribution in [0.15, 0.2) is 36.5 Å². The lowest BCUT2D eigenvalue weighted by molar-refractivity contribution is 0.0941. The zero-order valence-electron chi connectivity index (χ0n) is 12.3. The molecular weight excluding hydrogens is 264 g/mol. The third-order valence-electron chi connectivity index (χ3n) is 3.85. The standard InChI is InChI=1S/C17H22N2O2/c1-3-14-5-6-16(13-17(14)19-9-1)21-12-11-20-10-7-15-4-2-8-18-15/h1,3,5-6,9,13,15,18H,2,4,7-8,10-12H2. The normalized spacial score (nSPS) is 18.2. The van der Waals surface area contributed by atoms with Crippen LogP contribution in [-0.2, 0) is 4.74 Å². The topological polar surface area (TPSA) is 43.4 Å². The minimum atomic E-state index is 0.580. The summed E-state index contributed by atoms with van der Waals surface area (Å²) >= 11 is 0. The maximum absolute atomic E-state index is 5.71. The van der Waals surface area contributed by atoms with E-state index in [4.69, 9.17) is 9.47 Å². The first-order valence-corrected chi connectivity index (χ1v) is 7.70. The van der Waals surface area contributed by atoms with Crippen LogP contribution >= 0.6 is 0 Å². The Morgan fingerprint density at radius 3 is 3.10 bits per heavy atom. The van der Waals surface area contributed by atoms with Gasteiger partial charge in [-0.25, -0.2) is 0 Å². The summed E-state index contributed by atoms with van der Waals surface area (Å²) in [6.07, 6.45) is 5.47. The molecule has 112 valence electrons. The number of fused-ring (bicyclic) bond motifs is 1. The molecule has 0 bridgehead atoms. The molecule has 1 aromatic carbocycles. The number of nitrogens with one attached hydrogen (secondary N) is 1. The minimum absolute atomic E-state index is 0.580. The second kappa shape index (κ2) is 7.38. The van der Waals surface area contributed by atoms with E-state index in [0.717, 1.165) is 36.2 Å². The Balaban J connectivity index is 1.36. The van der Waals surface area contributed by atoms with Crippen molar-refractivity contribution in [1.29, 1.82) is 0 Å². The monoisotopic (exact) mass is 286 g/mol. The molecule has 4 nitrogen and oxygen atoms in total. The van der Waals surface area contributed by atoms with Gasteiger partial charge < -0.3 is 14.8 Å². The zero-order valence-corrected chi connectivity index (χ0v) is 12.3. The van der Waals surface area contributed by atoms with E-state index in [2.05, 4.69) is 10.3 Å². The van der Waals surface area contributed by atoms with Gasteiger partial charge in [0.15, 0.2) is 0 Å². The first kappa shape index (κ1) is 14.3. The van der Waals surface area contributed by atoms with Crippen LogP contribution in [0.2, 0.25) is 0 Å². The predicted octanol–water partition coefficient (Wildman–Crippen LogP) is 2.77. The summed E-state index contributed by atoms with van der Waals surface area (Å²) in [4.78, 5) is 4.33. The largest absolute Gasteiger partial charge is 0.491 e. The number of hydrogen-bond acceptors (Lipinski definition) is 4. The van der Waals surface area contributed by atoms with E-state index in [1.54, 1.807) is 6.20 Å². The summed E-state index contributed by atoms with van der Waals surface area (Å²) in [5.41, 5.74) is 0.961. The van der Waals surface area contributed by atoms with Crippen LogP contribution in [0.25, 0.3) is 10.9 Å². The number of ether oxygens (including phenoxy) is 2. The Labute approximate surface area is 125 Å². The van der Waals surface area contributed by atoms with Gasteiger partial charge in [-0.15, -0.1) is 0 Å². The van der Waals surface area contributed by atoms with Gasteiger partial charge in [0, 0.05) is 30.3 Å². The van der Waals surface area contributed by atoms with Crippen molar-refractivity contribution in [3.8, 4) is 5.75 Å². The van der Waals surface area contributed by atoms with Crippen molar-refractivity contribution >= 4 is 10.9 Å². The second-order valence-electron chi connectivity index (χ2n) is 5.40. The van der Waals surface area contributed by atoms with Gasteiger partial charge in [0.25, 0.3) is 0 Å². The number of hydrogen-bond donors (Lipinski definition) is 1. The van der Waals surface area contributed by atoms with Crippen LogP contribution in [0.3, 0.4) is 0 Å². The molecule has 1 saturated heterocycles. The predicted molar refractivity (Wildman–Crippen MR) is 83.7 cm³/mol. The molecule has 21 heavy (non-hydrogen) atoms. The molecule has 1 fully saturated rings. The number of aromatic nitrogens is 1. The van der Waals surface area contributed by atoms with Gasteiger partial charge in [-0.2, -0.15) is 0 Å². The summed E-state index contributed by atoms with van der Waals surface area (Å²) < 4.78 is 11.3. The zero-order chi connectivity index (χ0) is 14.3. The first-order chi connectivity index (χ1) is 10.4. The van der Waals surface area contributed by atoms with E-state index >= 15 is 0 Å². The molecule has 1 unspecified atom stereocenters. The fourth-order valence-corrected chi connectivity index (χ4v) is 2.69. The molecule has 0 amide bonds.